The number of hydrogen-bond acceptors (Lipinski definition) is 13. The quantitative estimate of drug-likeness (QED) is 0.0276. The molecule has 0 saturated heterocycles. The highest BCUT2D eigenvalue weighted by Crippen LogP contribution is 2.17. The zero-order valence-corrected chi connectivity index (χ0v) is 36.2. The molecule has 0 radical (unpaired) electrons. The van der Waals surface area contributed by atoms with Gasteiger partial charge in [0.05, 0.1) is 24.8 Å². The van der Waals surface area contributed by atoms with Crippen molar-refractivity contribution in [3.63, 3.8) is 0 Å². The molecule has 5 amide bonds. The third-order valence-corrected chi connectivity index (χ3v) is 9.98. The molecule has 2 aromatic carbocycles. The molecular formula is C41H46IN5O17. The van der Waals surface area contributed by atoms with Crippen molar-refractivity contribution in [1.82, 2.24) is 26.2 Å². The van der Waals surface area contributed by atoms with Crippen LogP contribution in [0.5, 0.6) is 0 Å². The van der Waals surface area contributed by atoms with Gasteiger partial charge in [-0.05, 0) is 71.8 Å². The second-order valence-corrected chi connectivity index (χ2v) is 15.8. The molecule has 3 atom stereocenters. The fourth-order valence-electron chi connectivity index (χ4n) is 6.38. The predicted molar refractivity (Wildman–Crippen MR) is 226 cm³/mol. The molecule has 0 aliphatic heterocycles. The van der Waals surface area contributed by atoms with Gasteiger partial charge in [-0.3, -0.25) is 52.7 Å². The zero-order chi connectivity index (χ0) is 47.5. The molecule has 0 heterocycles. The molecule has 0 aromatic heterocycles. The number of aliphatic carboxylic acids is 4. The van der Waals surface area contributed by atoms with E-state index >= 15 is 0 Å². The number of Topliss-reactive ketones (excluding diaryl/α,β-unsaturated/α-hetero) is 2. The fourth-order valence-corrected chi connectivity index (χ4v) is 6.93. The topological polar surface area (TPSA) is 346 Å². The number of esters is 1. The van der Waals surface area contributed by atoms with E-state index in [-0.39, 0.29) is 49.4 Å². The van der Waals surface area contributed by atoms with Crippen molar-refractivity contribution >= 4 is 93.5 Å². The predicted octanol–water partition coefficient (Wildman–Crippen LogP) is 0.534. The molecule has 8 N–H and O–H groups in total. The summed E-state index contributed by atoms with van der Waals surface area (Å²) in [5.74, 6) is -12.1. The Morgan fingerprint density at radius 3 is 1.66 bits per heavy atom. The van der Waals surface area contributed by atoms with E-state index in [1.165, 1.54) is 18.2 Å². The third kappa shape index (κ3) is 18.3. The van der Waals surface area contributed by atoms with Crippen LogP contribution in [-0.4, -0.2) is 140 Å². The van der Waals surface area contributed by atoms with Gasteiger partial charge < -0.3 is 51.3 Å². The summed E-state index contributed by atoms with van der Waals surface area (Å²) in [5, 5.41) is 47.5. The molecule has 64 heavy (non-hydrogen) atoms. The second kappa shape index (κ2) is 25.4. The highest BCUT2D eigenvalue weighted by molar-refractivity contribution is 14.1. The van der Waals surface area contributed by atoms with Crippen LogP contribution in [0.4, 0.5) is 0 Å². The molecule has 1 fully saturated rings. The molecule has 22 nitrogen and oxygen atoms in total. The number of halogens is 1. The van der Waals surface area contributed by atoms with Crippen molar-refractivity contribution in [3.8, 4) is 0 Å². The van der Waals surface area contributed by atoms with E-state index in [0.29, 0.717) is 12.0 Å². The molecule has 23 heteroatoms. The van der Waals surface area contributed by atoms with Crippen LogP contribution in [0, 0.1) is 3.57 Å². The van der Waals surface area contributed by atoms with Crippen molar-refractivity contribution in [1.29, 1.82) is 0 Å². The number of carboxylic acid groups (broad SMARTS) is 4. The summed E-state index contributed by atoms with van der Waals surface area (Å²) < 4.78 is 5.86. The van der Waals surface area contributed by atoms with Crippen molar-refractivity contribution < 1.29 is 82.7 Å². The summed E-state index contributed by atoms with van der Waals surface area (Å²) in [4.78, 5) is 149. The number of rotatable bonds is 26. The Bertz CT molecular complexity index is 2130. The lowest BCUT2D eigenvalue weighted by molar-refractivity contribution is -0.145. The summed E-state index contributed by atoms with van der Waals surface area (Å²) in [6.07, 6.45) is -5.83. The average Bonchev–Trinajstić information content (AvgIpc) is 3.51. The van der Waals surface area contributed by atoms with Crippen molar-refractivity contribution in [2.24, 2.45) is 0 Å². The van der Waals surface area contributed by atoms with Crippen LogP contribution < -0.4 is 21.3 Å². The number of amides is 5. The van der Waals surface area contributed by atoms with Crippen LogP contribution in [0.1, 0.15) is 95.3 Å². The number of hydrogen-bond donors (Lipinski definition) is 8. The first-order valence-corrected chi connectivity index (χ1v) is 20.7. The van der Waals surface area contributed by atoms with Crippen molar-refractivity contribution in [2.75, 3.05) is 19.6 Å². The molecule has 2 aromatic rings. The lowest BCUT2D eigenvalue weighted by Crippen LogP contribution is -2.47. The Labute approximate surface area is 378 Å². The van der Waals surface area contributed by atoms with Crippen LogP contribution in [0.3, 0.4) is 0 Å². The van der Waals surface area contributed by atoms with Crippen LogP contribution in [0.25, 0.3) is 0 Å². The van der Waals surface area contributed by atoms with Gasteiger partial charge in [0, 0.05) is 78.0 Å². The molecule has 0 spiro atoms. The number of ketones is 2. The normalized spacial score (nSPS) is 13.7. The van der Waals surface area contributed by atoms with E-state index in [4.69, 9.17) is 4.74 Å². The van der Waals surface area contributed by atoms with Crippen molar-refractivity contribution in [2.45, 2.75) is 88.4 Å². The van der Waals surface area contributed by atoms with E-state index in [9.17, 15) is 78.0 Å². The standard InChI is InChI=1S/C41H46IN5O17/c42-25-8-4-6-23(14-25)39(61)43-11-1-2-12-47(21-37(59)60)33(52)17-28(20-36(57)58)45-31(50)15-26(18-34(53)54)44-32(51)16-27(19-35(55)56)46-40(62)22-5-3-7-24(13-22)41(63)64-38-29(48)9-10-30(38)49/h3-8,13-14,26-28,38H,1-2,9-12,15-21H2,(H,43,61)(H,44,51)(H,45,50)(H,46,62)(H,53,54)(H,55,56)(H,57,58)(H,59,60)/t26-,27-,28-/m1/s1. The smallest absolute Gasteiger partial charge is 0.339 e. The SMILES string of the molecule is O=C(O)C[C@@H](CC(=O)N[C@@H](CC(=O)O)CC(=O)N(CCCCNC(=O)c1cccc(I)c1)CC(=O)O)NC(=O)C[C@H](CC(=O)O)NC(=O)c1cccc(C(=O)OC2C(=O)CCC2=O)c1. The largest absolute Gasteiger partial charge is 0.481 e. The summed E-state index contributed by atoms with van der Waals surface area (Å²) in [5.41, 5.74) is 0.0191. The van der Waals surface area contributed by atoms with Gasteiger partial charge in [0.25, 0.3) is 11.8 Å². The highest BCUT2D eigenvalue weighted by Gasteiger charge is 2.36. The Morgan fingerprint density at radius 2 is 1.12 bits per heavy atom. The summed E-state index contributed by atoms with van der Waals surface area (Å²) in [6, 6.07) is 7.34. The average molecular weight is 1010 g/mol. The first kappa shape index (κ1) is 51.6. The van der Waals surface area contributed by atoms with Gasteiger partial charge in [0.15, 0.2) is 11.6 Å². The van der Waals surface area contributed by atoms with E-state index in [1.54, 1.807) is 18.2 Å². The number of ether oxygens (including phenoxy) is 1. The molecule has 0 unspecified atom stereocenters. The zero-order valence-electron chi connectivity index (χ0n) is 34.0. The molecule has 1 saturated carbocycles. The Morgan fingerprint density at radius 1 is 0.625 bits per heavy atom. The molecule has 0 bridgehead atoms. The third-order valence-electron chi connectivity index (χ3n) is 9.31. The summed E-state index contributed by atoms with van der Waals surface area (Å²) >= 11 is 2.06. The Balaban J connectivity index is 1.61. The minimum absolute atomic E-state index is 0.0866. The van der Waals surface area contributed by atoms with Gasteiger partial charge in [0.1, 0.15) is 6.54 Å². The van der Waals surface area contributed by atoms with Gasteiger partial charge in [-0.25, -0.2) is 4.79 Å². The van der Waals surface area contributed by atoms with Gasteiger partial charge in [0.2, 0.25) is 23.8 Å². The fraction of sp³-hybridized carbons (Fsp3) is 0.415. The van der Waals surface area contributed by atoms with Crippen LogP contribution in [0.2, 0.25) is 0 Å². The minimum atomic E-state index is -1.57. The summed E-state index contributed by atoms with van der Waals surface area (Å²) in [6.45, 7) is -0.655. The van der Waals surface area contributed by atoms with E-state index in [0.717, 1.165) is 14.5 Å². The lowest BCUT2D eigenvalue weighted by atomic mass is 10.0. The van der Waals surface area contributed by atoms with Crippen LogP contribution in [0.15, 0.2) is 48.5 Å². The van der Waals surface area contributed by atoms with Gasteiger partial charge in [-0.15, -0.1) is 0 Å². The number of nitrogens with zero attached hydrogens (tertiary/aromatic N) is 1. The maximum Gasteiger partial charge on any atom is 0.339 e. The Hall–Kier alpha value is -6.79. The molecule has 344 valence electrons. The van der Waals surface area contributed by atoms with Crippen LogP contribution >= 0.6 is 22.6 Å². The number of carboxylic acids is 4. The minimum Gasteiger partial charge on any atom is -0.481 e. The lowest BCUT2D eigenvalue weighted by Gasteiger charge is -2.25. The first-order chi connectivity index (χ1) is 30.2. The summed E-state index contributed by atoms with van der Waals surface area (Å²) in [7, 11) is 0. The maximum absolute atomic E-state index is 13.2. The number of benzene rings is 2. The molecule has 1 aliphatic rings. The van der Waals surface area contributed by atoms with Crippen molar-refractivity contribution in [3.05, 3.63) is 68.8 Å². The van der Waals surface area contributed by atoms with E-state index in [2.05, 4.69) is 43.9 Å². The van der Waals surface area contributed by atoms with Crippen LogP contribution in [-0.2, 0) is 47.9 Å². The van der Waals surface area contributed by atoms with Gasteiger partial charge >= 0.3 is 29.8 Å². The van der Waals surface area contributed by atoms with E-state index in [1.807, 2.05) is 6.07 Å². The maximum atomic E-state index is 13.2. The first-order valence-electron chi connectivity index (χ1n) is 19.6. The number of unbranched alkanes of at least 4 members (excludes halogenated alkanes) is 1. The van der Waals surface area contributed by atoms with Gasteiger partial charge in [-0.2, -0.15) is 0 Å². The number of carbonyl (C=O) groups excluding carboxylic acids is 8. The number of carbonyl (C=O) groups is 12. The second-order valence-electron chi connectivity index (χ2n) is 14.6. The Kier molecular flexibility index (Phi) is 20.4. The molecular weight excluding hydrogens is 961 g/mol. The van der Waals surface area contributed by atoms with Gasteiger partial charge in [-0.1, -0.05) is 12.1 Å². The molecule has 3 rings (SSSR count). The van der Waals surface area contributed by atoms with E-state index < -0.39 is 134 Å². The number of nitrogens with one attached hydrogen (secondary N) is 4. The molecule has 1 aliphatic carbocycles. The monoisotopic (exact) mass is 1010 g/mol. The highest BCUT2D eigenvalue weighted by atomic mass is 127.